The molecule has 4 atom stereocenters. The Labute approximate surface area is 145 Å². The number of carbonyl (C=O) groups is 1. The Bertz CT molecular complexity index is 512. The Hall–Kier alpha value is -1.39. The van der Waals surface area contributed by atoms with E-state index in [1.807, 2.05) is 31.2 Å². The largest absolute Gasteiger partial charge is 0.394 e. The van der Waals surface area contributed by atoms with Gasteiger partial charge < -0.3 is 15.5 Å². The van der Waals surface area contributed by atoms with Crippen LogP contribution in [-0.2, 0) is 4.79 Å². The van der Waals surface area contributed by atoms with Crippen LogP contribution < -0.4 is 5.32 Å². The first-order valence-electron chi connectivity index (χ1n) is 9.21. The molecule has 2 rings (SSSR count). The predicted molar refractivity (Wildman–Crippen MR) is 95.5 cm³/mol. The van der Waals surface area contributed by atoms with Gasteiger partial charge in [-0.1, -0.05) is 62.4 Å². The van der Waals surface area contributed by atoms with E-state index in [2.05, 4.69) is 12.2 Å². The summed E-state index contributed by atoms with van der Waals surface area (Å²) in [5.74, 6) is 0.615. The topological polar surface area (TPSA) is 69.6 Å². The lowest BCUT2D eigenvalue weighted by atomic mass is 9.79. The van der Waals surface area contributed by atoms with Crippen LogP contribution in [0, 0.1) is 18.8 Å². The number of aryl methyl sites for hydroxylation is 1. The number of benzene rings is 1. The van der Waals surface area contributed by atoms with Crippen LogP contribution in [0.3, 0.4) is 0 Å². The van der Waals surface area contributed by atoms with Gasteiger partial charge in [-0.25, -0.2) is 0 Å². The third-order valence-electron chi connectivity index (χ3n) is 5.17. The lowest BCUT2D eigenvalue weighted by molar-refractivity contribution is -0.128. The summed E-state index contributed by atoms with van der Waals surface area (Å²) in [6.07, 6.45) is 5.59. The number of carbonyl (C=O) groups excluding carboxylic acids is 1. The van der Waals surface area contributed by atoms with Gasteiger partial charge in [0, 0.05) is 5.92 Å². The van der Waals surface area contributed by atoms with Gasteiger partial charge in [-0.05, 0) is 31.2 Å². The molecule has 4 nitrogen and oxygen atoms in total. The van der Waals surface area contributed by atoms with E-state index in [0.29, 0.717) is 11.5 Å². The van der Waals surface area contributed by atoms with Gasteiger partial charge >= 0.3 is 0 Å². The van der Waals surface area contributed by atoms with Crippen molar-refractivity contribution in [2.75, 3.05) is 6.61 Å². The molecule has 1 saturated carbocycles. The highest BCUT2D eigenvalue weighted by Crippen LogP contribution is 2.32. The molecular weight excluding hydrogens is 302 g/mol. The highest BCUT2D eigenvalue weighted by molar-refractivity contribution is 5.79. The number of aliphatic hydroxyl groups excluding tert-OH is 2. The summed E-state index contributed by atoms with van der Waals surface area (Å²) < 4.78 is 0. The Morgan fingerprint density at radius 2 is 2.00 bits per heavy atom. The zero-order valence-corrected chi connectivity index (χ0v) is 14.9. The molecule has 4 heteroatoms. The minimum Gasteiger partial charge on any atom is -0.394 e. The van der Waals surface area contributed by atoms with Gasteiger partial charge in [-0.15, -0.1) is 0 Å². The van der Waals surface area contributed by atoms with E-state index in [1.165, 1.54) is 12.8 Å². The summed E-state index contributed by atoms with van der Waals surface area (Å²) in [6, 6.07) is 6.86. The summed E-state index contributed by atoms with van der Waals surface area (Å²) in [5, 5.41) is 23.0. The van der Waals surface area contributed by atoms with E-state index in [-0.39, 0.29) is 18.4 Å². The van der Waals surface area contributed by atoms with Crippen molar-refractivity contribution in [2.45, 2.75) is 64.5 Å². The number of nitrogens with one attached hydrogen (secondary N) is 1. The van der Waals surface area contributed by atoms with Gasteiger partial charge in [0.05, 0.1) is 12.6 Å². The number of aliphatic hydroxyl groups is 2. The summed E-state index contributed by atoms with van der Waals surface area (Å²) in [6.45, 7) is 3.90. The molecule has 1 aliphatic rings. The standard InChI is InChI=1S/C20H31NO3/c1-3-5-15-6-4-7-17(12-15)20(24)21-18(13-22)19(23)16-10-8-14(2)9-11-16/h8-11,15,17-19,22-23H,3-7,12-13H2,1-2H3,(H,21,24)/t15-,17+,18+,19+/m1/s1. The van der Waals surface area contributed by atoms with E-state index in [1.54, 1.807) is 0 Å². The van der Waals surface area contributed by atoms with Crippen LogP contribution in [0.25, 0.3) is 0 Å². The van der Waals surface area contributed by atoms with Gasteiger partial charge in [0.2, 0.25) is 5.91 Å². The average Bonchev–Trinajstić information content (AvgIpc) is 2.60. The molecule has 1 aromatic rings. The van der Waals surface area contributed by atoms with Crippen molar-refractivity contribution in [3.63, 3.8) is 0 Å². The van der Waals surface area contributed by atoms with Gasteiger partial charge in [0.15, 0.2) is 0 Å². The highest BCUT2D eigenvalue weighted by atomic mass is 16.3. The van der Waals surface area contributed by atoms with E-state index in [4.69, 9.17) is 0 Å². The zero-order valence-electron chi connectivity index (χ0n) is 14.9. The predicted octanol–water partition coefficient (Wildman–Crippen LogP) is 3.11. The molecule has 0 radical (unpaired) electrons. The fourth-order valence-corrected chi connectivity index (χ4v) is 3.72. The van der Waals surface area contributed by atoms with Gasteiger partial charge in [0.25, 0.3) is 0 Å². The van der Waals surface area contributed by atoms with E-state index in [9.17, 15) is 15.0 Å². The SMILES string of the molecule is CCC[C@@H]1CCC[C@H](C(=O)N[C@@H](CO)[C@@H](O)c2ccc(C)cc2)C1. The summed E-state index contributed by atoms with van der Waals surface area (Å²) in [4.78, 5) is 12.6. The first-order valence-corrected chi connectivity index (χ1v) is 9.21. The maximum absolute atomic E-state index is 12.6. The lowest BCUT2D eigenvalue weighted by Crippen LogP contribution is -2.45. The third-order valence-corrected chi connectivity index (χ3v) is 5.17. The second kappa shape index (κ2) is 9.19. The maximum atomic E-state index is 12.6. The Kier molecular flexibility index (Phi) is 7.25. The normalized spacial score (nSPS) is 23.5. The summed E-state index contributed by atoms with van der Waals surface area (Å²) >= 11 is 0. The second-order valence-corrected chi connectivity index (χ2v) is 7.17. The minimum atomic E-state index is -0.894. The number of hydrogen-bond donors (Lipinski definition) is 3. The molecule has 3 N–H and O–H groups in total. The number of amides is 1. The van der Waals surface area contributed by atoms with Crippen LogP contribution in [0.4, 0.5) is 0 Å². The summed E-state index contributed by atoms with van der Waals surface area (Å²) in [7, 11) is 0. The fraction of sp³-hybridized carbons (Fsp3) is 0.650. The molecule has 0 saturated heterocycles. The van der Waals surface area contributed by atoms with Crippen molar-refractivity contribution >= 4 is 5.91 Å². The second-order valence-electron chi connectivity index (χ2n) is 7.17. The zero-order chi connectivity index (χ0) is 17.5. The maximum Gasteiger partial charge on any atom is 0.223 e. The smallest absolute Gasteiger partial charge is 0.223 e. The molecule has 1 amide bonds. The first-order chi connectivity index (χ1) is 11.5. The van der Waals surface area contributed by atoms with Crippen molar-refractivity contribution in [1.29, 1.82) is 0 Å². The van der Waals surface area contributed by atoms with Crippen molar-refractivity contribution < 1.29 is 15.0 Å². The molecule has 0 aliphatic heterocycles. The van der Waals surface area contributed by atoms with Crippen LogP contribution in [0.5, 0.6) is 0 Å². The lowest BCUT2D eigenvalue weighted by Gasteiger charge is -2.30. The Morgan fingerprint density at radius 1 is 1.29 bits per heavy atom. The molecule has 1 aliphatic carbocycles. The molecule has 1 aromatic carbocycles. The molecule has 1 fully saturated rings. The number of hydrogen-bond acceptors (Lipinski definition) is 3. The van der Waals surface area contributed by atoms with Gasteiger partial charge in [0.1, 0.15) is 6.10 Å². The highest BCUT2D eigenvalue weighted by Gasteiger charge is 2.30. The Morgan fingerprint density at radius 3 is 2.62 bits per heavy atom. The molecule has 0 bridgehead atoms. The third kappa shape index (κ3) is 5.05. The van der Waals surface area contributed by atoms with Crippen molar-refractivity contribution in [2.24, 2.45) is 11.8 Å². The van der Waals surface area contributed by atoms with E-state index < -0.39 is 12.1 Å². The number of rotatable bonds is 7. The molecule has 0 aromatic heterocycles. The molecule has 0 heterocycles. The fourth-order valence-electron chi connectivity index (χ4n) is 3.72. The van der Waals surface area contributed by atoms with Crippen molar-refractivity contribution in [3.05, 3.63) is 35.4 Å². The molecule has 0 unspecified atom stereocenters. The Balaban J connectivity index is 1.95. The van der Waals surface area contributed by atoms with E-state index in [0.717, 1.165) is 31.2 Å². The summed E-state index contributed by atoms with van der Waals surface area (Å²) in [5.41, 5.74) is 1.83. The van der Waals surface area contributed by atoms with Crippen LogP contribution >= 0.6 is 0 Å². The van der Waals surface area contributed by atoms with E-state index >= 15 is 0 Å². The van der Waals surface area contributed by atoms with Crippen molar-refractivity contribution in [1.82, 2.24) is 5.32 Å². The van der Waals surface area contributed by atoms with Crippen LogP contribution in [0.15, 0.2) is 24.3 Å². The van der Waals surface area contributed by atoms with Crippen LogP contribution in [0.2, 0.25) is 0 Å². The van der Waals surface area contributed by atoms with Crippen LogP contribution in [0.1, 0.15) is 62.7 Å². The van der Waals surface area contributed by atoms with Crippen LogP contribution in [-0.4, -0.2) is 28.8 Å². The molecular formula is C20H31NO3. The average molecular weight is 333 g/mol. The molecule has 24 heavy (non-hydrogen) atoms. The monoisotopic (exact) mass is 333 g/mol. The van der Waals surface area contributed by atoms with Crippen molar-refractivity contribution in [3.8, 4) is 0 Å². The van der Waals surface area contributed by atoms with Gasteiger partial charge in [-0.2, -0.15) is 0 Å². The van der Waals surface area contributed by atoms with Gasteiger partial charge in [-0.3, -0.25) is 4.79 Å². The molecule has 0 spiro atoms. The quantitative estimate of drug-likeness (QED) is 0.718. The molecule has 134 valence electrons. The minimum absolute atomic E-state index is 0.00886. The first kappa shape index (κ1) is 18.9.